The number of rotatable bonds is 7. The number of anilines is 1. The third kappa shape index (κ3) is 8.60. The predicted molar refractivity (Wildman–Crippen MR) is 186 cm³/mol. The summed E-state index contributed by atoms with van der Waals surface area (Å²) < 4.78 is 10.7. The van der Waals surface area contributed by atoms with Gasteiger partial charge in [0.15, 0.2) is 5.75 Å². The maximum Gasteiger partial charge on any atom is 0.322 e. The number of piperazine rings is 1. The van der Waals surface area contributed by atoms with Crippen molar-refractivity contribution in [2.75, 3.05) is 64.3 Å². The molecule has 6 rings (SSSR count). The molecule has 2 aromatic carbocycles. The number of carbonyl (C=O) groups excluding carboxylic acids is 4. The second-order valence-corrected chi connectivity index (χ2v) is 14.0. The summed E-state index contributed by atoms with van der Waals surface area (Å²) in [6, 6.07) is 10.2. The molecule has 4 aliphatic rings. The molecule has 0 saturated carbocycles. The van der Waals surface area contributed by atoms with Crippen LogP contribution in [-0.2, 0) is 27.2 Å². The molecule has 2 aromatic rings. The smallest absolute Gasteiger partial charge is 0.322 e. The van der Waals surface area contributed by atoms with Crippen LogP contribution in [0.25, 0.3) is 0 Å². The first-order valence-corrected chi connectivity index (χ1v) is 17.9. The Morgan fingerprint density at radius 2 is 1.59 bits per heavy atom. The van der Waals surface area contributed by atoms with E-state index in [9.17, 15) is 19.2 Å². The van der Waals surface area contributed by atoms with Gasteiger partial charge in [0.1, 0.15) is 6.04 Å². The SMILES string of the molecule is CC(=O)Oc1c(Cl)cc(C[C@@H](NC(=O)N2CCC(N3CCc4ccccc4NC3=O)CC2)C(=O)N2CCN(C3CCOCC3)CC2)cc1Cl. The molecule has 5 amide bonds. The summed E-state index contributed by atoms with van der Waals surface area (Å²) in [5, 5.41) is 6.34. The molecular formula is C35H44Cl2N6O6. The molecule has 3 fully saturated rings. The van der Waals surface area contributed by atoms with E-state index in [-0.39, 0.29) is 46.2 Å². The monoisotopic (exact) mass is 714 g/mol. The van der Waals surface area contributed by atoms with Gasteiger partial charge in [0.05, 0.1) is 10.0 Å². The fourth-order valence-corrected chi connectivity index (χ4v) is 7.95. The van der Waals surface area contributed by atoms with E-state index in [4.69, 9.17) is 32.7 Å². The molecule has 0 radical (unpaired) electrons. The number of esters is 1. The van der Waals surface area contributed by atoms with Gasteiger partial charge >= 0.3 is 18.0 Å². The summed E-state index contributed by atoms with van der Waals surface area (Å²) in [6.07, 6.45) is 4.16. The average molecular weight is 716 g/mol. The quantitative estimate of drug-likeness (QED) is 0.322. The van der Waals surface area contributed by atoms with Crippen LogP contribution < -0.4 is 15.4 Å². The maximum absolute atomic E-state index is 14.1. The predicted octanol–water partition coefficient (Wildman–Crippen LogP) is 4.42. The Hall–Kier alpha value is -3.58. The van der Waals surface area contributed by atoms with Crippen molar-refractivity contribution >= 4 is 52.8 Å². The van der Waals surface area contributed by atoms with Crippen molar-refractivity contribution in [3.05, 3.63) is 57.6 Å². The van der Waals surface area contributed by atoms with Crippen LogP contribution >= 0.6 is 23.2 Å². The van der Waals surface area contributed by atoms with E-state index < -0.39 is 12.0 Å². The van der Waals surface area contributed by atoms with Crippen LogP contribution in [0, 0.1) is 0 Å². The van der Waals surface area contributed by atoms with Crippen molar-refractivity contribution < 1.29 is 28.7 Å². The molecule has 49 heavy (non-hydrogen) atoms. The summed E-state index contributed by atoms with van der Waals surface area (Å²) in [6.45, 7) is 6.93. The Labute approximate surface area is 296 Å². The van der Waals surface area contributed by atoms with Crippen LogP contribution in [0.3, 0.4) is 0 Å². The van der Waals surface area contributed by atoms with Gasteiger partial charge in [0, 0.05) is 90.1 Å². The zero-order valence-electron chi connectivity index (χ0n) is 27.8. The van der Waals surface area contributed by atoms with Crippen molar-refractivity contribution in [1.29, 1.82) is 0 Å². The van der Waals surface area contributed by atoms with E-state index in [1.807, 2.05) is 34.1 Å². The standard InChI is InChI=1S/C35H44Cl2N6O6/c1-23(44)49-32-28(36)20-24(21-29(32)37)22-31(33(45)41-16-14-40(15-17-41)26-9-18-48-19-10-26)39-34(46)42-11-7-27(8-12-42)43-13-6-25-4-2-3-5-30(25)38-35(43)47/h2-5,20-21,26-27,31H,6-19,22H2,1H3,(H,38,47)(H,39,46)/t31-/m1/s1. The summed E-state index contributed by atoms with van der Waals surface area (Å²) in [4.78, 5) is 60.3. The number of benzene rings is 2. The first-order chi connectivity index (χ1) is 23.7. The molecule has 0 unspecified atom stereocenters. The number of nitrogens with one attached hydrogen (secondary N) is 2. The molecule has 264 valence electrons. The van der Waals surface area contributed by atoms with Gasteiger partial charge in [-0.05, 0) is 61.4 Å². The lowest BCUT2D eigenvalue weighted by molar-refractivity contribution is -0.135. The zero-order valence-corrected chi connectivity index (χ0v) is 29.3. The minimum atomic E-state index is -0.874. The summed E-state index contributed by atoms with van der Waals surface area (Å²) in [7, 11) is 0. The molecule has 1 atom stereocenters. The highest BCUT2D eigenvalue weighted by molar-refractivity contribution is 6.37. The number of hydrogen-bond acceptors (Lipinski definition) is 7. The number of piperidine rings is 1. The maximum atomic E-state index is 14.1. The van der Waals surface area contributed by atoms with Crippen LogP contribution in [0.1, 0.15) is 43.7 Å². The van der Waals surface area contributed by atoms with E-state index >= 15 is 0 Å². The number of urea groups is 2. The van der Waals surface area contributed by atoms with E-state index in [0.717, 1.165) is 56.8 Å². The Morgan fingerprint density at radius 1 is 0.918 bits per heavy atom. The Kier molecular flexibility index (Phi) is 11.5. The van der Waals surface area contributed by atoms with Crippen molar-refractivity contribution in [2.45, 2.75) is 63.6 Å². The van der Waals surface area contributed by atoms with Crippen LogP contribution in [-0.4, -0.2) is 121 Å². The van der Waals surface area contributed by atoms with Crippen LogP contribution in [0.15, 0.2) is 36.4 Å². The van der Waals surface area contributed by atoms with Gasteiger partial charge in [-0.25, -0.2) is 9.59 Å². The van der Waals surface area contributed by atoms with Gasteiger partial charge in [-0.2, -0.15) is 0 Å². The molecule has 12 nitrogen and oxygen atoms in total. The van der Waals surface area contributed by atoms with Crippen molar-refractivity contribution in [3.63, 3.8) is 0 Å². The molecule has 0 spiro atoms. The van der Waals surface area contributed by atoms with Crippen molar-refractivity contribution in [3.8, 4) is 5.75 Å². The highest BCUT2D eigenvalue weighted by Gasteiger charge is 2.35. The lowest BCUT2D eigenvalue weighted by Crippen LogP contribution is -2.59. The summed E-state index contributed by atoms with van der Waals surface area (Å²) in [5.41, 5.74) is 2.58. The number of fused-ring (bicyclic) bond motifs is 1. The van der Waals surface area contributed by atoms with E-state index in [0.29, 0.717) is 57.2 Å². The number of para-hydroxylation sites is 1. The third-order valence-corrected chi connectivity index (χ3v) is 10.6. The fraction of sp³-hybridized carbons (Fsp3) is 0.543. The first kappa shape index (κ1) is 35.3. The molecule has 4 aliphatic heterocycles. The van der Waals surface area contributed by atoms with E-state index in [1.54, 1.807) is 17.0 Å². The molecule has 2 N–H and O–H groups in total. The van der Waals surface area contributed by atoms with Gasteiger partial charge in [0.2, 0.25) is 5.91 Å². The topological polar surface area (TPSA) is 124 Å². The Morgan fingerprint density at radius 3 is 2.27 bits per heavy atom. The van der Waals surface area contributed by atoms with Gasteiger partial charge in [-0.3, -0.25) is 14.5 Å². The number of amides is 5. The van der Waals surface area contributed by atoms with Gasteiger partial charge in [-0.15, -0.1) is 0 Å². The largest absolute Gasteiger partial charge is 0.424 e. The highest BCUT2D eigenvalue weighted by atomic mass is 35.5. The molecular weight excluding hydrogens is 671 g/mol. The number of hydrogen-bond donors (Lipinski definition) is 2. The number of carbonyl (C=O) groups is 4. The minimum absolute atomic E-state index is 0.00262. The number of ether oxygens (including phenoxy) is 2. The number of likely N-dealkylation sites (tertiary alicyclic amines) is 1. The lowest BCUT2D eigenvalue weighted by Gasteiger charge is -2.42. The summed E-state index contributed by atoms with van der Waals surface area (Å²) >= 11 is 12.9. The van der Waals surface area contributed by atoms with Crippen LogP contribution in [0.4, 0.5) is 15.3 Å². The lowest BCUT2D eigenvalue weighted by atomic mass is 10.0. The number of halogens is 2. The second kappa shape index (κ2) is 16.0. The van der Waals surface area contributed by atoms with Crippen LogP contribution in [0.2, 0.25) is 10.0 Å². The molecule has 14 heteroatoms. The first-order valence-electron chi connectivity index (χ1n) is 17.1. The molecule has 4 heterocycles. The van der Waals surface area contributed by atoms with E-state index in [1.165, 1.54) is 6.92 Å². The summed E-state index contributed by atoms with van der Waals surface area (Å²) in [5.74, 6) is -0.672. The van der Waals surface area contributed by atoms with Gasteiger partial charge in [0.25, 0.3) is 0 Å². The molecule has 0 bridgehead atoms. The third-order valence-electron chi connectivity index (χ3n) is 10.0. The van der Waals surface area contributed by atoms with Gasteiger partial charge in [-0.1, -0.05) is 41.4 Å². The minimum Gasteiger partial charge on any atom is -0.424 e. The van der Waals surface area contributed by atoms with Crippen LogP contribution in [0.5, 0.6) is 5.75 Å². The molecule has 3 saturated heterocycles. The molecule has 0 aliphatic carbocycles. The number of nitrogens with zero attached hydrogens (tertiary/aromatic N) is 4. The highest BCUT2D eigenvalue weighted by Crippen LogP contribution is 2.35. The molecule has 0 aromatic heterocycles. The average Bonchev–Trinajstić information content (AvgIpc) is 3.27. The normalized spacial score (nSPS) is 20.2. The Bertz CT molecular complexity index is 1520. The fourth-order valence-electron chi connectivity index (χ4n) is 7.34. The van der Waals surface area contributed by atoms with E-state index in [2.05, 4.69) is 15.5 Å². The van der Waals surface area contributed by atoms with Crippen molar-refractivity contribution in [2.24, 2.45) is 0 Å². The Balaban J connectivity index is 1.11. The zero-order chi connectivity index (χ0) is 34.5. The van der Waals surface area contributed by atoms with Crippen molar-refractivity contribution in [1.82, 2.24) is 24.9 Å². The van der Waals surface area contributed by atoms with Gasteiger partial charge < -0.3 is 34.8 Å². The second-order valence-electron chi connectivity index (χ2n) is 13.1.